The molecular weight excluding hydrogens is 186 g/mol. The Morgan fingerprint density at radius 1 is 1.07 bits per heavy atom. The van der Waals surface area contributed by atoms with Crippen molar-refractivity contribution in [3.05, 3.63) is 35.9 Å². The van der Waals surface area contributed by atoms with E-state index in [1.54, 1.807) is 0 Å². The highest BCUT2D eigenvalue weighted by Gasteiger charge is 2.40. The van der Waals surface area contributed by atoms with Crippen molar-refractivity contribution in [2.24, 2.45) is 11.8 Å². The van der Waals surface area contributed by atoms with E-state index >= 15 is 0 Å². The summed E-state index contributed by atoms with van der Waals surface area (Å²) >= 11 is 0. The summed E-state index contributed by atoms with van der Waals surface area (Å²) in [6.07, 6.45) is 2.65. The minimum atomic E-state index is 0.213. The zero-order chi connectivity index (χ0) is 10.3. The molecule has 2 nitrogen and oxygen atoms in total. The zero-order valence-corrected chi connectivity index (χ0v) is 8.73. The summed E-state index contributed by atoms with van der Waals surface area (Å²) < 4.78 is 0. The number of hydrogen-bond acceptors (Lipinski definition) is 1. The fraction of sp³-hybridized carbons (Fsp3) is 0.462. The maximum atomic E-state index is 12.1. The first-order valence-corrected chi connectivity index (χ1v) is 5.69. The molecule has 2 heteroatoms. The molecule has 0 N–H and O–H groups in total. The van der Waals surface area contributed by atoms with Gasteiger partial charge in [0.05, 0.1) is 0 Å². The zero-order valence-electron chi connectivity index (χ0n) is 8.73. The van der Waals surface area contributed by atoms with Crippen molar-refractivity contribution in [3.8, 4) is 0 Å². The summed E-state index contributed by atoms with van der Waals surface area (Å²) in [5, 5.41) is 0. The Balaban J connectivity index is 1.75. The maximum Gasteiger partial charge on any atom is 0.253 e. The normalized spacial score (nSPS) is 28.4. The average molecular weight is 201 g/mol. The molecule has 2 atom stereocenters. The van der Waals surface area contributed by atoms with E-state index in [-0.39, 0.29) is 5.91 Å². The third-order valence-corrected chi connectivity index (χ3v) is 3.79. The minimum absolute atomic E-state index is 0.213. The lowest BCUT2D eigenvalue weighted by Gasteiger charge is -2.27. The molecule has 1 saturated carbocycles. The predicted octanol–water partition coefficient (Wildman–Crippen LogP) is 2.17. The molecular formula is C13H15NO. The molecule has 1 aromatic rings. The van der Waals surface area contributed by atoms with Gasteiger partial charge in [0.15, 0.2) is 0 Å². The molecule has 1 saturated heterocycles. The molecule has 1 aliphatic heterocycles. The van der Waals surface area contributed by atoms with Gasteiger partial charge in [0.1, 0.15) is 0 Å². The third-order valence-electron chi connectivity index (χ3n) is 3.79. The Morgan fingerprint density at radius 3 is 2.20 bits per heavy atom. The summed E-state index contributed by atoms with van der Waals surface area (Å²) in [5.41, 5.74) is 0.832. The van der Waals surface area contributed by atoms with Crippen molar-refractivity contribution in [1.82, 2.24) is 4.90 Å². The molecule has 2 fully saturated rings. The standard InChI is InChI=1S/C13H15NO/c15-13(10-4-2-1-3-5-10)14-8-11-6-7-12(11)9-14/h1-5,11-12H,6-9H2. The summed E-state index contributed by atoms with van der Waals surface area (Å²) in [6.45, 7) is 1.97. The highest BCUT2D eigenvalue weighted by Crippen LogP contribution is 2.40. The number of benzene rings is 1. The number of nitrogens with zero attached hydrogens (tertiary/aromatic N) is 1. The lowest BCUT2D eigenvalue weighted by Crippen LogP contribution is -2.28. The predicted molar refractivity (Wildman–Crippen MR) is 58.6 cm³/mol. The fourth-order valence-electron chi connectivity index (χ4n) is 2.69. The topological polar surface area (TPSA) is 20.3 Å². The molecule has 2 aliphatic rings. The molecule has 0 bridgehead atoms. The summed E-state index contributed by atoms with van der Waals surface area (Å²) in [7, 11) is 0. The van der Waals surface area contributed by atoms with Gasteiger partial charge >= 0.3 is 0 Å². The molecule has 15 heavy (non-hydrogen) atoms. The average Bonchev–Trinajstić information content (AvgIpc) is 2.55. The molecule has 2 unspecified atom stereocenters. The molecule has 0 aromatic heterocycles. The number of likely N-dealkylation sites (tertiary alicyclic amines) is 1. The van der Waals surface area contributed by atoms with Crippen molar-refractivity contribution in [1.29, 1.82) is 0 Å². The Kier molecular flexibility index (Phi) is 2.01. The van der Waals surface area contributed by atoms with Gasteiger partial charge in [-0.1, -0.05) is 18.2 Å². The highest BCUT2D eigenvalue weighted by atomic mass is 16.2. The number of carbonyl (C=O) groups excluding carboxylic acids is 1. The van der Waals surface area contributed by atoms with Crippen LogP contribution in [0.3, 0.4) is 0 Å². The largest absolute Gasteiger partial charge is 0.338 e. The van der Waals surface area contributed by atoms with E-state index in [9.17, 15) is 4.79 Å². The van der Waals surface area contributed by atoms with Crippen molar-refractivity contribution < 1.29 is 4.79 Å². The molecule has 1 amide bonds. The Hall–Kier alpha value is -1.31. The van der Waals surface area contributed by atoms with Gasteiger partial charge in [-0.25, -0.2) is 0 Å². The van der Waals surface area contributed by atoms with Gasteiger partial charge in [0, 0.05) is 18.7 Å². The first-order chi connectivity index (χ1) is 7.34. The second-order valence-electron chi connectivity index (χ2n) is 4.67. The first-order valence-electron chi connectivity index (χ1n) is 5.69. The van der Waals surface area contributed by atoms with Crippen LogP contribution in [0.5, 0.6) is 0 Å². The highest BCUT2D eigenvalue weighted by molar-refractivity contribution is 5.94. The van der Waals surface area contributed by atoms with Crippen LogP contribution in [0.25, 0.3) is 0 Å². The monoisotopic (exact) mass is 201 g/mol. The fourth-order valence-corrected chi connectivity index (χ4v) is 2.69. The van der Waals surface area contributed by atoms with Crippen LogP contribution < -0.4 is 0 Å². The van der Waals surface area contributed by atoms with Gasteiger partial charge < -0.3 is 4.90 Å². The van der Waals surface area contributed by atoms with Crippen LogP contribution in [0.4, 0.5) is 0 Å². The third kappa shape index (κ3) is 1.44. The van der Waals surface area contributed by atoms with Crippen LogP contribution in [0.2, 0.25) is 0 Å². The molecule has 1 aromatic carbocycles. The van der Waals surface area contributed by atoms with Crippen molar-refractivity contribution in [2.45, 2.75) is 12.8 Å². The van der Waals surface area contributed by atoms with Gasteiger partial charge in [-0.3, -0.25) is 4.79 Å². The van der Waals surface area contributed by atoms with E-state index in [0.29, 0.717) is 0 Å². The van der Waals surface area contributed by atoms with Crippen LogP contribution >= 0.6 is 0 Å². The van der Waals surface area contributed by atoms with Gasteiger partial charge in [-0.05, 0) is 36.8 Å². The van der Waals surface area contributed by atoms with Gasteiger partial charge in [0.25, 0.3) is 5.91 Å². The summed E-state index contributed by atoms with van der Waals surface area (Å²) in [5.74, 6) is 1.82. The summed E-state index contributed by atoms with van der Waals surface area (Å²) in [4.78, 5) is 14.1. The van der Waals surface area contributed by atoms with E-state index in [0.717, 1.165) is 30.5 Å². The minimum Gasteiger partial charge on any atom is -0.338 e. The molecule has 1 heterocycles. The lowest BCUT2D eigenvalue weighted by atomic mass is 9.77. The van der Waals surface area contributed by atoms with Gasteiger partial charge in [0.2, 0.25) is 0 Å². The molecule has 78 valence electrons. The number of amides is 1. The maximum absolute atomic E-state index is 12.1. The van der Waals surface area contributed by atoms with Gasteiger partial charge in [-0.2, -0.15) is 0 Å². The van der Waals surface area contributed by atoms with Crippen molar-refractivity contribution in [2.75, 3.05) is 13.1 Å². The van der Waals surface area contributed by atoms with Crippen LogP contribution in [0.1, 0.15) is 23.2 Å². The summed E-state index contributed by atoms with van der Waals surface area (Å²) in [6, 6.07) is 9.62. The van der Waals surface area contributed by atoms with Crippen LogP contribution in [0.15, 0.2) is 30.3 Å². The van der Waals surface area contributed by atoms with Crippen LogP contribution in [-0.2, 0) is 0 Å². The Bertz CT molecular complexity index is 361. The SMILES string of the molecule is O=C(c1ccccc1)N1CC2CCC2C1. The molecule has 0 spiro atoms. The number of hydrogen-bond donors (Lipinski definition) is 0. The second kappa shape index (κ2) is 3.37. The lowest BCUT2D eigenvalue weighted by molar-refractivity contribution is 0.0787. The van der Waals surface area contributed by atoms with Gasteiger partial charge in [-0.15, -0.1) is 0 Å². The molecule has 3 rings (SSSR count). The Morgan fingerprint density at radius 2 is 1.67 bits per heavy atom. The Labute approximate surface area is 89.9 Å². The van der Waals surface area contributed by atoms with Crippen molar-refractivity contribution in [3.63, 3.8) is 0 Å². The van der Waals surface area contributed by atoms with E-state index in [1.165, 1.54) is 12.8 Å². The molecule has 1 aliphatic carbocycles. The van der Waals surface area contributed by atoms with Crippen LogP contribution in [-0.4, -0.2) is 23.9 Å². The quantitative estimate of drug-likeness (QED) is 0.682. The van der Waals surface area contributed by atoms with Crippen LogP contribution in [0, 0.1) is 11.8 Å². The second-order valence-corrected chi connectivity index (χ2v) is 4.67. The van der Waals surface area contributed by atoms with E-state index in [4.69, 9.17) is 0 Å². The van der Waals surface area contributed by atoms with E-state index in [1.807, 2.05) is 35.2 Å². The molecule has 0 radical (unpaired) electrons. The van der Waals surface area contributed by atoms with Crippen molar-refractivity contribution >= 4 is 5.91 Å². The number of carbonyl (C=O) groups is 1. The van der Waals surface area contributed by atoms with E-state index in [2.05, 4.69) is 0 Å². The first kappa shape index (κ1) is 8.96. The smallest absolute Gasteiger partial charge is 0.253 e. The number of rotatable bonds is 1. The van der Waals surface area contributed by atoms with E-state index < -0.39 is 0 Å². The number of fused-ring (bicyclic) bond motifs is 1.